The zero-order chi connectivity index (χ0) is 14.0. The van der Waals surface area contributed by atoms with Crippen LogP contribution in [0, 0.1) is 0 Å². The van der Waals surface area contributed by atoms with Gasteiger partial charge in [-0.1, -0.05) is 11.6 Å². The van der Waals surface area contributed by atoms with Crippen molar-refractivity contribution in [2.45, 2.75) is 25.0 Å². The predicted octanol–water partition coefficient (Wildman–Crippen LogP) is 1.70. The lowest BCUT2D eigenvalue weighted by Gasteiger charge is -2.32. The third kappa shape index (κ3) is 3.01. The fourth-order valence-electron chi connectivity index (χ4n) is 2.49. The molecule has 2 aliphatic heterocycles. The standard InChI is InChI=1S/C14H18ClNO4/c15-11-5-10(6-12-13(11)20-9-19-12)7-16-8-14(17)1-3-18-4-2-14/h5-6,16-17H,1-4,7-9H2. The molecular weight excluding hydrogens is 282 g/mol. The Bertz CT molecular complexity index is 488. The molecule has 0 spiro atoms. The first-order valence-corrected chi connectivity index (χ1v) is 7.13. The second-order valence-electron chi connectivity index (χ2n) is 5.25. The Hall–Kier alpha value is -1.01. The molecule has 0 bridgehead atoms. The lowest BCUT2D eigenvalue weighted by molar-refractivity contribution is -0.0617. The van der Waals surface area contributed by atoms with Crippen LogP contribution in [0.3, 0.4) is 0 Å². The first-order valence-electron chi connectivity index (χ1n) is 6.75. The van der Waals surface area contributed by atoms with Gasteiger partial charge in [-0.15, -0.1) is 0 Å². The van der Waals surface area contributed by atoms with Crippen LogP contribution in [-0.4, -0.2) is 37.3 Å². The molecule has 0 aliphatic carbocycles. The van der Waals surface area contributed by atoms with E-state index >= 15 is 0 Å². The molecule has 0 radical (unpaired) electrons. The van der Waals surface area contributed by atoms with E-state index in [4.69, 9.17) is 25.8 Å². The smallest absolute Gasteiger partial charge is 0.231 e. The van der Waals surface area contributed by atoms with E-state index in [-0.39, 0.29) is 6.79 Å². The van der Waals surface area contributed by atoms with E-state index in [1.165, 1.54) is 0 Å². The lowest BCUT2D eigenvalue weighted by atomic mass is 9.94. The highest BCUT2D eigenvalue weighted by Gasteiger charge is 2.29. The van der Waals surface area contributed by atoms with Crippen molar-refractivity contribution in [1.29, 1.82) is 0 Å². The largest absolute Gasteiger partial charge is 0.454 e. The number of benzene rings is 1. The summed E-state index contributed by atoms with van der Waals surface area (Å²) in [5, 5.41) is 14.2. The average Bonchev–Trinajstić information content (AvgIpc) is 2.88. The first kappa shape index (κ1) is 13.9. The summed E-state index contributed by atoms with van der Waals surface area (Å²) in [6.07, 6.45) is 1.34. The normalized spacial score (nSPS) is 20.1. The molecule has 3 rings (SSSR count). The van der Waals surface area contributed by atoms with E-state index in [0.717, 1.165) is 5.56 Å². The van der Waals surface area contributed by atoms with Gasteiger partial charge in [-0.25, -0.2) is 0 Å². The quantitative estimate of drug-likeness (QED) is 0.886. The Kier molecular flexibility index (Phi) is 4.03. The van der Waals surface area contributed by atoms with Gasteiger partial charge in [0.2, 0.25) is 6.79 Å². The number of fused-ring (bicyclic) bond motifs is 1. The van der Waals surface area contributed by atoms with Crippen LogP contribution in [0.4, 0.5) is 0 Å². The van der Waals surface area contributed by atoms with Crippen molar-refractivity contribution in [3.63, 3.8) is 0 Å². The number of nitrogens with one attached hydrogen (secondary N) is 1. The molecule has 1 aromatic rings. The minimum absolute atomic E-state index is 0.214. The van der Waals surface area contributed by atoms with Crippen molar-refractivity contribution in [3.05, 3.63) is 22.7 Å². The number of halogens is 1. The number of ether oxygens (including phenoxy) is 3. The van der Waals surface area contributed by atoms with Crippen molar-refractivity contribution >= 4 is 11.6 Å². The summed E-state index contributed by atoms with van der Waals surface area (Å²) >= 11 is 6.13. The Morgan fingerprint density at radius 1 is 1.25 bits per heavy atom. The van der Waals surface area contributed by atoms with E-state index in [1.54, 1.807) is 0 Å². The summed E-state index contributed by atoms with van der Waals surface area (Å²) in [4.78, 5) is 0. The van der Waals surface area contributed by atoms with Gasteiger partial charge in [0.1, 0.15) is 0 Å². The van der Waals surface area contributed by atoms with Crippen LogP contribution in [0.1, 0.15) is 18.4 Å². The monoisotopic (exact) mass is 299 g/mol. The van der Waals surface area contributed by atoms with Gasteiger partial charge in [0.15, 0.2) is 11.5 Å². The van der Waals surface area contributed by atoms with Crippen LogP contribution >= 0.6 is 11.6 Å². The van der Waals surface area contributed by atoms with Gasteiger partial charge in [0.25, 0.3) is 0 Å². The number of hydrogen-bond donors (Lipinski definition) is 2. The number of rotatable bonds is 4. The summed E-state index contributed by atoms with van der Waals surface area (Å²) in [5.74, 6) is 1.29. The topological polar surface area (TPSA) is 60.0 Å². The summed E-state index contributed by atoms with van der Waals surface area (Å²) < 4.78 is 15.9. The molecule has 110 valence electrons. The highest BCUT2D eigenvalue weighted by molar-refractivity contribution is 6.32. The molecule has 2 heterocycles. The Morgan fingerprint density at radius 3 is 2.85 bits per heavy atom. The van der Waals surface area contributed by atoms with Crippen LogP contribution < -0.4 is 14.8 Å². The second-order valence-corrected chi connectivity index (χ2v) is 5.66. The van der Waals surface area contributed by atoms with E-state index in [9.17, 15) is 5.11 Å². The van der Waals surface area contributed by atoms with Gasteiger partial charge in [-0.2, -0.15) is 0 Å². The van der Waals surface area contributed by atoms with E-state index in [0.29, 0.717) is 55.7 Å². The maximum atomic E-state index is 10.3. The molecule has 1 fully saturated rings. The molecule has 1 saturated heterocycles. The maximum Gasteiger partial charge on any atom is 0.231 e. The molecule has 0 atom stereocenters. The van der Waals surface area contributed by atoms with Crippen LogP contribution in [0.2, 0.25) is 5.02 Å². The number of hydrogen-bond acceptors (Lipinski definition) is 5. The van der Waals surface area contributed by atoms with Crippen LogP contribution in [0.5, 0.6) is 11.5 Å². The van der Waals surface area contributed by atoms with Crippen molar-refractivity contribution in [1.82, 2.24) is 5.32 Å². The number of aliphatic hydroxyl groups is 1. The Balaban J connectivity index is 1.57. The molecule has 0 amide bonds. The maximum absolute atomic E-state index is 10.3. The van der Waals surface area contributed by atoms with Gasteiger partial charge in [0.05, 0.1) is 10.6 Å². The molecule has 0 unspecified atom stereocenters. The van der Waals surface area contributed by atoms with Crippen LogP contribution in [-0.2, 0) is 11.3 Å². The van der Waals surface area contributed by atoms with Gasteiger partial charge in [-0.05, 0) is 17.7 Å². The van der Waals surface area contributed by atoms with Crippen molar-refractivity contribution in [3.8, 4) is 11.5 Å². The van der Waals surface area contributed by atoms with Gasteiger partial charge >= 0.3 is 0 Å². The Labute approximate surface area is 122 Å². The second kappa shape index (κ2) is 5.77. The molecular formula is C14H18ClNO4. The third-order valence-electron chi connectivity index (χ3n) is 3.69. The first-order chi connectivity index (χ1) is 9.66. The zero-order valence-electron chi connectivity index (χ0n) is 11.2. The predicted molar refractivity (Wildman–Crippen MR) is 74.3 cm³/mol. The molecule has 2 aliphatic rings. The molecule has 6 heteroatoms. The van der Waals surface area contributed by atoms with Crippen LogP contribution in [0.15, 0.2) is 12.1 Å². The molecule has 0 saturated carbocycles. The minimum Gasteiger partial charge on any atom is -0.454 e. The highest BCUT2D eigenvalue weighted by atomic mass is 35.5. The summed E-state index contributed by atoms with van der Waals surface area (Å²) in [5.41, 5.74) is 0.341. The summed E-state index contributed by atoms with van der Waals surface area (Å²) in [6, 6.07) is 3.77. The van der Waals surface area contributed by atoms with E-state index < -0.39 is 5.60 Å². The fourth-order valence-corrected chi connectivity index (χ4v) is 2.78. The SMILES string of the molecule is OC1(CNCc2cc(Cl)c3c(c2)OCO3)CCOCC1. The van der Waals surface area contributed by atoms with E-state index in [2.05, 4.69) is 5.32 Å². The summed E-state index contributed by atoms with van der Waals surface area (Å²) in [7, 11) is 0. The van der Waals surface area contributed by atoms with Gasteiger partial charge < -0.3 is 24.6 Å². The van der Waals surface area contributed by atoms with E-state index in [1.807, 2.05) is 12.1 Å². The Morgan fingerprint density at radius 2 is 2.05 bits per heavy atom. The molecule has 0 aromatic heterocycles. The average molecular weight is 300 g/mol. The van der Waals surface area contributed by atoms with Gasteiger partial charge in [0, 0.05) is 39.1 Å². The molecule has 2 N–H and O–H groups in total. The molecule has 5 nitrogen and oxygen atoms in total. The fraction of sp³-hybridized carbons (Fsp3) is 0.571. The molecule has 1 aromatic carbocycles. The van der Waals surface area contributed by atoms with Crippen molar-refractivity contribution in [2.24, 2.45) is 0 Å². The van der Waals surface area contributed by atoms with Crippen molar-refractivity contribution in [2.75, 3.05) is 26.6 Å². The summed E-state index contributed by atoms with van der Waals surface area (Å²) in [6.45, 7) is 2.62. The van der Waals surface area contributed by atoms with Crippen LogP contribution in [0.25, 0.3) is 0 Å². The molecule has 20 heavy (non-hydrogen) atoms. The highest BCUT2D eigenvalue weighted by Crippen LogP contribution is 2.39. The van der Waals surface area contributed by atoms with Gasteiger partial charge in [-0.3, -0.25) is 0 Å². The lowest BCUT2D eigenvalue weighted by Crippen LogP contribution is -2.44. The minimum atomic E-state index is -0.668. The van der Waals surface area contributed by atoms with Crippen molar-refractivity contribution < 1.29 is 19.3 Å². The third-order valence-corrected chi connectivity index (χ3v) is 3.97. The zero-order valence-corrected chi connectivity index (χ0v) is 11.9.